The first kappa shape index (κ1) is 31.2. The van der Waals surface area contributed by atoms with E-state index in [0.29, 0.717) is 36.9 Å². The molecule has 240 valence electrons. The molecule has 2 aromatic heterocycles. The van der Waals surface area contributed by atoms with Gasteiger partial charge in [0.2, 0.25) is 17.6 Å². The number of methoxy groups -OCH3 is 1. The molecular formula is C36H46N4O5. The van der Waals surface area contributed by atoms with Crippen molar-refractivity contribution in [1.82, 2.24) is 15.1 Å². The second kappa shape index (κ2) is 12.6. The summed E-state index contributed by atoms with van der Waals surface area (Å²) in [6.45, 7) is 6.78. The normalized spacial score (nSPS) is 26.2. The van der Waals surface area contributed by atoms with Gasteiger partial charge in [0.15, 0.2) is 0 Å². The van der Waals surface area contributed by atoms with E-state index in [-0.39, 0.29) is 40.9 Å². The van der Waals surface area contributed by atoms with E-state index in [2.05, 4.69) is 35.3 Å². The van der Waals surface area contributed by atoms with Gasteiger partial charge in [0.05, 0.1) is 7.11 Å². The highest BCUT2D eigenvalue weighted by atomic mass is 16.5. The van der Waals surface area contributed by atoms with Crippen LogP contribution in [0.5, 0.6) is 5.75 Å². The zero-order valence-electron chi connectivity index (χ0n) is 27.1. The minimum absolute atomic E-state index is 0.0358. The van der Waals surface area contributed by atoms with Crippen molar-refractivity contribution in [2.75, 3.05) is 18.6 Å². The van der Waals surface area contributed by atoms with E-state index in [4.69, 9.17) is 14.2 Å². The number of carboxylic acid groups (broad SMARTS) is 1. The molecule has 4 aliphatic rings. The van der Waals surface area contributed by atoms with E-state index in [1.807, 2.05) is 30.9 Å². The molecule has 1 amide bonds. The Labute approximate surface area is 265 Å². The lowest BCUT2D eigenvalue weighted by Crippen LogP contribution is -2.52. The Bertz CT molecular complexity index is 1520. The predicted octanol–water partition coefficient (Wildman–Crippen LogP) is 7.48. The van der Waals surface area contributed by atoms with Gasteiger partial charge in [-0.25, -0.2) is 4.98 Å². The number of fused-ring (bicyclic) bond motifs is 3. The smallest absolute Gasteiger partial charge is 0.303 e. The van der Waals surface area contributed by atoms with Gasteiger partial charge >= 0.3 is 5.97 Å². The van der Waals surface area contributed by atoms with Crippen molar-refractivity contribution < 1.29 is 24.0 Å². The summed E-state index contributed by atoms with van der Waals surface area (Å²) in [6.07, 6.45) is 11.4. The first-order chi connectivity index (χ1) is 21.6. The van der Waals surface area contributed by atoms with Crippen LogP contribution in [0.15, 0.2) is 41.1 Å². The number of hydrogen-bond acceptors (Lipinski definition) is 7. The number of pyridine rings is 1. The van der Waals surface area contributed by atoms with Crippen LogP contribution >= 0.6 is 0 Å². The van der Waals surface area contributed by atoms with Crippen LogP contribution in [0.2, 0.25) is 0 Å². The highest BCUT2D eigenvalue weighted by Gasteiger charge is 2.51. The van der Waals surface area contributed by atoms with Crippen molar-refractivity contribution in [3.8, 4) is 17.1 Å². The molecule has 9 nitrogen and oxygen atoms in total. The highest BCUT2D eigenvalue weighted by Crippen LogP contribution is 2.58. The number of carbonyl (C=O) groups is 2. The Balaban J connectivity index is 1.25. The number of aryl methyl sites for hydroxylation is 1. The van der Waals surface area contributed by atoms with Gasteiger partial charge in [-0.3, -0.25) is 14.5 Å². The Morgan fingerprint density at radius 2 is 1.76 bits per heavy atom. The van der Waals surface area contributed by atoms with Crippen LogP contribution in [-0.2, 0) is 15.0 Å². The van der Waals surface area contributed by atoms with Gasteiger partial charge in [0, 0.05) is 36.6 Å². The molecule has 4 fully saturated rings. The number of amides is 1. The largest absolute Gasteiger partial charge is 0.496 e. The van der Waals surface area contributed by atoms with E-state index in [1.54, 1.807) is 13.3 Å². The maximum absolute atomic E-state index is 14.4. The fourth-order valence-corrected chi connectivity index (χ4v) is 8.12. The second-order valence-corrected chi connectivity index (χ2v) is 14.2. The molecule has 2 heterocycles. The van der Waals surface area contributed by atoms with Crippen molar-refractivity contribution in [1.29, 1.82) is 0 Å². The van der Waals surface area contributed by atoms with Crippen molar-refractivity contribution in [2.24, 2.45) is 17.3 Å². The molecule has 1 N–H and O–H groups in total. The van der Waals surface area contributed by atoms with Crippen LogP contribution in [0.3, 0.4) is 0 Å². The Kier molecular flexibility index (Phi) is 8.72. The lowest BCUT2D eigenvalue weighted by Gasteiger charge is -2.55. The Morgan fingerprint density at radius 1 is 1.04 bits per heavy atom. The van der Waals surface area contributed by atoms with Crippen LogP contribution in [0, 0.1) is 24.2 Å². The Hall–Kier alpha value is -3.75. The molecule has 0 atom stereocenters. The molecule has 0 unspecified atom stereocenters. The molecule has 1 aromatic carbocycles. The highest BCUT2D eigenvalue weighted by molar-refractivity contribution is 5.94. The number of aliphatic carboxylic acids is 1. The summed E-state index contributed by atoms with van der Waals surface area (Å²) in [4.78, 5) is 37.0. The molecule has 3 aromatic rings. The number of aromatic nitrogens is 3. The lowest BCUT2D eigenvalue weighted by molar-refractivity contribution is -0.138. The molecule has 4 aliphatic carbocycles. The number of nitrogens with zero attached hydrogens (tertiary/aromatic N) is 4. The van der Waals surface area contributed by atoms with E-state index >= 15 is 0 Å². The number of carbonyl (C=O) groups excluding carboxylic acids is 1. The molecular weight excluding hydrogens is 568 g/mol. The summed E-state index contributed by atoms with van der Waals surface area (Å²) in [5.74, 6) is 2.10. The number of rotatable bonds is 10. The van der Waals surface area contributed by atoms with Gasteiger partial charge in [0.25, 0.3) is 0 Å². The molecule has 4 saturated carbocycles. The molecule has 45 heavy (non-hydrogen) atoms. The van der Waals surface area contributed by atoms with Gasteiger partial charge in [-0.1, -0.05) is 31.1 Å². The van der Waals surface area contributed by atoms with Crippen molar-refractivity contribution in [3.63, 3.8) is 0 Å². The molecule has 2 bridgehead atoms. The number of ether oxygens (including phenoxy) is 1. The van der Waals surface area contributed by atoms with E-state index in [9.17, 15) is 14.7 Å². The molecule has 0 saturated heterocycles. The number of benzene rings is 1. The van der Waals surface area contributed by atoms with E-state index in [0.717, 1.165) is 62.7 Å². The van der Waals surface area contributed by atoms with Gasteiger partial charge in [-0.15, -0.1) is 0 Å². The Morgan fingerprint density at radius 3 is 2.36 bits per heavy atom. The monoisotopic (exact) mass is 614 g/mol. The molecule has 7 rings (SSSR count). The quantitative estimate of drug-likeness (QED) is 0.250. The first-order valence-corrected chi connectivity index (χ1v) is 16.6. The maximum Gasteiger partial charge on any atom is 0.303 e. The van der Waals surface area contributed by atoms with Crippen LogP contribution in [0.4, 0.5) is 5.82 Å². The minimum Gasteiger partial charge on any atom is -0.496 e. The standard InChI is InChI=1S/C36H46N4O5/c1-23(2)33-38-32(39-45-33)27-11-18-37-30(21-27)40(34(43)26-7-5-25(6-8-26)20-31(41)42)22-35-12-15-36(16-13-35,17-14-35)28-9-10-29(44-4)24(3)19-28/h9-11,18-19,21,23,25-26H,5-8,12-17,20,22H2,1-4H3,(H,41,42)/t25-,26-,35?,36?. The van der Waals surface area contributed by atoms with Gasteiger partial charge < -0.3 is 14.4 Å². The predicted molar refractivity (Wildman–Crippen MR) is 171 cm³/mol. The SMILES string of the molecule is COc1ccc(C23CCC(CN(c4cc(-c5noc(C(C)C)n5)ccn4)C(=O)[C@H]4CC[C@H](CC(=O)O)CC4)(CC2)CC3)cc1C. The van der Waals surface area contributed by atoms with E-state index < -0.39 is 5.97 Å². The average molecular weight is 615 g/mol. The summed E-state index contributed by atoms with van der Waals surface area (Å²) in [6, 6.07) is 10.5. The average Bonchev–Trinajstić information content (AvgIpc) is 3.56. The second-order valence-electron chi connectivity index (χ2n) is 14.2. The van der Waals surface area contributed by atoms with Crippen LogP contribution in [0.25, 0.3) is 11.4 Å². The molecule has 0 spiro atoms. The summed E-state index contributed by atoms with van der Waals surface area (Å²) in [7, 11) is 1.72. The number of carboxylic acids is 1. The zero-order valence-corrected chi connectivity index (χ0v) is 27.1. The van der Waals surface area contributed by atoms with Crippen LogP contribution in [-0.4, -0.2) is 45.8 Å². The third-order valence-electron chi connectivity index (χ3n) is 11.0. The van der Waals surface area contributed by atoms with Gasteiger partial charge in [-0.05, 0) is 117 Å². The molecule has 9 heteroatoms. The summed E-state index contributed by atoms with van der Waals surface area (Å²) in [5.41, 5.74) is 3.58. The summed E-state index contributed by atoms with van der Waals surface area (Å²) < 4.78 is 11.0. The third-order valence-corrected chi connectivity index (χ3v) is 11.0. The van der Waals surface area contributed by atoms with Crippen LogP contribution < -0.4 is 9.64 Å². The zero-order chi connectivity index (χ0) is 31.8. The van der Waals surface area contributed by atoms with Crippen molar-refractivity contribution in [3.05, 3.63) is 53.5 Å². The maximum atomic E-state index is 14.4. The fourth-order valence-electron chi connectivity index (χ4n) is 8.12. The minimum atomic E-state index is -0.760. The number of hydrogen-bond donors (Lipinski definition) is 1. The van der Waals surface area contributed by atoms with E-state index in [1.165, 1.54) is 11.1 Å². The molecule has 0 radical (unpaired) electrons. The third kappa shape index (κ3) is 6.36. The fraction of sp³-hybridized carbons (Fsp3) is 0.583. The number of anilines is 1. The van der Waals surface area contributed by atoms with Crippen molar-refractivity contribution >= 4 is 17.7 Å². The summed E-state index contributed by atoms with van der Waals surface area (Å²) in [5, 5.41) is 13.5. The first-order valence-electron chi connectivity index (χ1n) is 16.6. The van der Waals surface area contributed by atoms with Gasteiger partial charge in [0.1, 0.15) is 11.6 Å². The lowest BCUT2D eigenvalue weighted by atomic mass is 9.51. The van der Waals surface area contributed by atoms with Crippen molar-refractivity contribution in [2.45, 2.75) is 103 Å². The summed E-state index contributed by atoms with van der Waals surface area (Å²) >= 11 is 0. The topological polar surface area (TPSA) is 119 Å². The van der Waals surface area contributed by atoms with Crippen LogP contribution in [0.1, 0.15) is 107 Å². The van der Waals surface area contributed by atoms with Gasteiger partial charge in [-0.2, -0.15) is 4.98 Å². The molecule has 0 aliphatic heterocycles.